The Morgan fingerprint density at radius 1 is 1.37 bits per heavy atom. The normalized spacial score (nSPS) is 34.4. The molecule has 0 bridgehead atoms. The number of hydrogen-bond donors (Lipinski definition) is 1. The second-order valence-corrected chi connectivity index (χ2v) is 6.73. The average Bonchev–Trinajstić information content (AvgIpc) is 2.82. The third-order valence-corrected chi connectivity index (χ3v) is 4.95. The number of aryl methyl sites for hydroxylation is 1. The molecule has 1 aliphatic heterocycles. The first kappa shape index (κ1) is 13.2. The fourth-order valence-electron chi connectivity index (χ4n) is 3.90. The lowest BCUT2D eigenvalue weighted by Crippen LogP contribution is -2.69. The van der Waals surface area contributed by atoms with Crippen LogP contribution in [0.1, 0.15) is 51.2 Å². The number of nitrogens with one attached hydrogen (secondary N) is 1. The summed E-state index contributed by atoms with van der Waals surface area (Å²) in [6, 6.07) is 4.90. The summed E-state index contributed by atoms with van der Waals surface area (Å²) in [4.78, 5) is 0. The molecule has 1 aromatic rings. The van der Waals surface area contributed by atoms with Crippen LogP contribution in [0.3, 0.4) is 0 Å². The second-order valence-electron chi connectivity index (χ2n) is 6.73. The lowest BCUT2D eigenvalue weighted by molar-refractivity contribution is -0.194. The molecule has 1 saturated heterocycles. The Morgan fingerprint density at radius 2 is 2.16 bits per heavy atom. The molecule has 1 N–H and O–H groups in total. The molecule has 106 valence electrons. The first-order valence-electron chi connectivity index (χ1n) is 7.44. The van der Waals surface area contributed by atoms with Crippen molar-refractivity contribution >= 4 is 0 Å². The summed E-state index contributed by atoms with van der Waals surface area (Å²) in [5, 5.41) is 3.76. The van der Waals surface area contributed by atoms with Crippen molar-refractivity contribution in [2.24, 2.45) is 11.3 Å². The number of furan rings is 1. The molecule has 1 aliphatic carbocycles. The highest BCUT2D eigenvalue weighted by atomic mass is 16.5. The molecule has 3 heteroatoms. The monoisotopic (exact) mass is 263 g/mol. The van der Waals surface area contributed by atoms with Gasteiger partial charge in [-0.1, -0.05) is 13.8 Å². The standard InChI is InChI=1S/C16H25NO2/c1-10-7-8-13(19-10)11(2)17-14-12-6-5-9-18-15(12)16(14,3)4/h7-8,11-12,14-15,17H,5-6,9H2,1-4H3. The fraction of sp³-hybridized carbons (Fsp3) is 0.750. The Morgan fingerprint density at radius 3 is 2.84 bits per heavy atom. The molecule has 0 spiro atoms. The lowest BCUT2D eigenvalue weighted by Gasteiger charge is -2.60. The SMILES string of the molecule is Cc1ccc(C(C)NC2C3CCCOC3C2(C)C)o1. The minimum atomic E-state index is 0.223. The van der Waals surface area contributed by atoms with E-state index >= 15 is 0 Å². The molecule has 0 radical (unpaired) electrons. The van der Waals surface area contributed by atoms with Crippen LogP contribution in [-0.2, 0) is 4.74 Å². The fourth-order valence-corrected chi connectivity index (χ4v) is 3.90. The van der Waals surface area contributed by atoms with E-state index < -0.39 is 0 Å². The molecule has 0 aromatic carbocycles. The Kier molecular flexibility index (Phi) is 3.22. The third kappa shape index (κ3) is 2.13. The van der Waals surface area contributed by atoms with E-state index in [9.17, 15) is 0 Å². The summed E-state index contributed by atoms with van der Waals surface area (Å²) in [5.41, 5.74) is 0.223. The molecule has 4 atom stereocenters. The lowest BCUT2D eigenvalue weighted by atomic mass is 9.55. The summed E-state index contributed by atoms with van der Waals surface area (Å²) in [6.45, 7) is 9.75. The van der Waals surface area contributed by atoms with Crippen molar-refractivity contribution in [1.82, 2.24) is 5.32 Å². The molecule has 2 aliphatic rings. The van der Waals surface area contributed by atoms with Crippen molar-refractivity contribution in [1.29, 1.82) is 0 Å². The van der Waals surface area contributed by atoms with Gasteiger partial charge in [0.15, 0.2) is 0 Å². The Bertz CT molecular complexity index is 451. The van der Waals surface area contributed by atoms with E-state index in [-0.39, 0.29) is 11.5 Å². The van der Waals surface area contributed by atoms with E-state index in [0.717, 1.165) is 18.1 Å². The molecule has 1 saturated carbocycles. The van der Waals surface area contributed by atoms with Crippen LogP contribution in [-0.4, -0.2) is 18.8 Å². The molecule has 3 rings (SSSR count). The van der Waals surface area contributed by atoms with Crippen LogP contribution in [0, 0.1) is 18.3 Å². The summed E-state index contributed by atoms with van der Waals surface area (Å²) >= 11 is 0. The van der Waals surface area contributed by atoms with Crippen LogP contribution in [0.15, 0.2) is 16.5 Å². The highest BCUT2D eigenvalue weighted by Gasteiger charge is 2.57. The Hall–Kier alpha value is -0.800. The molecule has 3 nitrogen and oxygen atoms in total. The van der Waals surface area contributed by atoms with Crippen LogP contribution in [0.5, 0.6) is 0 Å². The zero-order chi connectivity index (χ0) is 13.6. The smallest absolute Gasteiger partial charge is 0.120 e. The van der Waals surface area contributed by atoms with Crippen LogP contribution in [0.4, 0.5) is 0 Å². The van der Waals surface area contributed by atoms with E-state index in [4.69, 9.17) is 9.15 Å². The van der Waals surface area contributed by atoms with Crippen molar-refractivity contribution in [2.75, 3.05) is 6.61 Å². The van der Waals surface area contributed by atoms with Gasteiger partial charge < -0.3 is 14.5 Å². The van der Waals surface area contributed by atoms with Gasteiger partial charge in [-0.25, -0.2) is 0 Å². The third-order valence-electron chi connectivity index (χ3n) is 4.95. The summed E-state index contributed by atoms with van der Waals surface area (Å²) in [5.74, 6) is 2.69. The van der Waals surface area contributed by atoms with Crippen LogP contribution in [0.2, 0.25) is 0 Å². The molecular formula is C16H25NO2. The predicted molar refractivity (Wildman–Crippen MR) is 75.0 cm³/mol. The molecule has 1 aromatic heterocycles. The predicted octanol–water partition coefficient (Wildman–Crippen LogP) is 3.44. The summed E-state index contributed by atoms with van der Waals surface area (Å²) < 4.78 is 11.7. The zero-order valence-electron chi connectivity index (χ0n) is 12.4. The van der Waals surface area contributed by atoms with E-state index in [1.54, 1.807) is 0 Å². The van der Waals surface area contributed by atoms with Crippen molar-refractivity contribution < 1.29 is 9.15 Å². The van der Waals surface area contributed by atoms with Crippen LogP contribution >= 0.6 is 0 Å². The number of ether oxygens (including phenoxy) is 1. The Balaban J connectivity index is 1.69. The average molecular weight is 263 g/mol. The van der Waals surface area contributed by atoms with Gasteiger partial charge in [0.05, 0.1) is 12.1 Å². The molecule has 4 unspecified atom stereocenters. The van der Waals surface area contributed by atoms with Gasteiger partial charge in [0, 0.05) is 24.0 Å². The van der Waals surface area contributed by atoms with E-state index in [0.29, 0.717) is 18.1 Å². The van der Waals surface area contributed by atoms with Gasteiger partial charge in [-0.15, -0.1) is 0 Å². The van der Waals surface area contributed by atoms with E-state index in [2.05, 4.69) is 32.2 Å². The largest absolute Gasteiger partial charge is 0.465 e. The molecule has 2 heterocycles. The maximum absolute atomic E-state index is 5.95. The van der Waals surface area contributed by atoms with Crippen LogP contribution < -0.4 is 5.32 Å². The first-order valence-corrected chi connectivity index (χ1v) is 7.44. The number of fused-ring (bicyclic) bond motifs is 1. The van der Waals surface area contributed by atoms with Crippen molar-refractivity contribution in [3.05, 3.63) is 23.7 Å². The second kappa shape index (κ2) is 4.64. The van der Waals surface area contributed by atoms with Gasteiger partial charge in [-0.2, -0.15) is 0 Å². The molecule has 2 fully saturated rings. The van der Waals surface area contributed by atoms with Gasteiger partial charge in [0.25, 0.3) is 0 Å². The number of hydrogen-bond acceptors (Lipinski definition) is 3. The van der Waals surface area contributed by atoms with Crippen molar-refractivity contribution in [3.8, 4) is 0 Å². The molecular weight excluding hydrogens is 238 g/mol. The molecule has 0 amide bonds. The summed E-state index contributed by atoms with van der Waals surface area (Å²) in [6.07, 6.45) is 2.92. The maximum Gasteiger partial charge on any atom is 0.120 e. The van der Waals surface area contributed by atoms with Gasteiger partial charge in [-0.05, 0) is 38.8 Å². The minimum Gasteiger partial charge on any atom is -0.465 e. The topological polar surface area (TPSA) is 34.4 Å². The van der Waals surface area contributed by atoms with Gasteiger partial charge in [0.2, 0.25) is 0 Å². The maximum atomic E-state index is 5.95. The minimum absolute atomic E-state index is 0.223. The van der Waals surface area contributed by atoms with Gasteiger partial charge in [-0.3, -0.25) is 0 Å². The van der Waals surface area contributed by atoms with Crippen LogP contribution in [0.25, 0.3) is 0 Å². The quantitative estimate of drug-likeness (QED) is 0.907. The highest BCUT2D eigenvalue weighted by molar-refractivity contribution is 5.14. The van der Waals surface area contributed by atoms with Crippen molar-refractivity contribution in [2.45, 2.75) is 58.7 Å². The first-order chi connectivity index (χ1) is 9.00. The highest BCUT2D eigenvalue weighted by Crippen LogP contribution is 2.51. The van der Waals surface area contributed by atoms with Crippen molar-refractivity contribution in [3.63, 3.8) is 0 Å². The van der Waals surface area contributed by atoms with Gasteiger partial charge >= 0.3 is 0 Å². The van der Waals surface area contributed by atoms with E-state index in [1.807, 2.05) is 13.0 Å². The zero-order valence-corrected chi connectivity index (χ0v) is 12.4. The van der Waals surface area contributed by atoms with Gasteiger partial charge in [0.1, 0.15) is 11.5 Å². The Labute approximate surface area is 115 Å². The molecule has 19 heavy (non-hydrogen) atoms. The number of rotatable bonds is 3. The summed E-state index contributed by atoms with van der Waals surface area (Å²) in [7, 11) is 0. The van der Waals surface area contributed by atoms with E-state index in [1.165, 1.54) is 12.8 Å².